The van der Waals surface area contributed by atoms with E-state index in [0.29, 0.717) is 18.8 Å². The smallest absolute Gasteiger partial charge is 0.292 e. The predicted octanol–water partition coefficient (Wildman–Crippen LogP) is 1.31. The lowest BCUT2D eigenvalue weighted by Gasteiger charge is -2.18. The van der Waals surface area contributed by atoms with Crippen molar-refractivity contribution in [1.82, 2.24) is 5.32 Å². The van der Waals surface area contributed by atoms with Crippen molar-refractivity contribution in [2.24, 2.45) is 5.73 Å². The van der Waals surface area contributed by atoms with Crippen LogP contribution in [0.15, 0.2) is 24.3 Å². The lowest BCUT2D eigenvalue weighted by atomic mass is 10.2. The maximum atomic E-state index is 11.7. The van der Waals surface area contributed by atoms with Gasteiger partial charge in [-0.1, -0.05) is 12.1 Å². The van der Waals surface area contributed by atoms with Gasteiger partial charge in [-0.15, -0.1) is 12.4 Å². The summed E-state index contributed by atoms with van der Waals surface area (Å²) < 4.78 is 0. The van der Waals surface area contributed by atoms with Crippen molar-refractivity contribution in [3.63, 3.8) is 0 Å². The standard InChI is InChI=1S/C13H20N4O3.ClH/c1-16(10-13(18)15-9-5-4-8-14)11-6-2-3-7-12(11)17(19)20;/h2-3,6-7H,4-5,8-10,14H2,1H3,(H,15,18);1H. The molecule has 0 fully saturated rings. The Morgan fingerprint density at radius 3 is 2.67 bits per heavy atom. The normalized spacial score (nSPS) is 9.62. The number of nitro groups is 1. The van der Waals surface area contributed by atoms with Gasteiger partial charge in [-0.25, -0.2) is 0 Å². The molecule has 0 aromatic heterocycles. The lowest BCUT2D eigenvalue weighted by Crippen LogP contribution is -2.36. The summed E-state index contributed by atoms with van der Waals surface area (Å²) in [5, 5.41) is 13.7. The zero-order valence-corrected chi connectivity index (χ0v) is 12.8. The van der Waals surface area contributed by atoms with Gasteiger partial charge in [0.25, 0.3) is 5.69 Å². The number of carbonyl (C=O) groups excluding carboxylic acids is 1. The molecule has 8 heteroatoms. The number of nitrogens with one attached hydrogen (secondary N) is 1. The van der Waals surface area contributed by atoms with Gasteiger partial charge >= 0.3 is 0 Å². The van der Waals surface area contributed by atoms with Crippen LogP contribution < -0.4 is 16.0 Å². The van der Waals surface area contributed by atoms with E-state index in [1.807, 2.05) is 0 Å². The third kappa shape index (κ3) is 6.42. The molecule has 3 N–H and O–H groups in total. The van der Waals surface area contributed by atoms with Crippen LogP contribution >= 0.6 is 12.4 Å². The highest BCUT2D eigenvalue weighted by Crippen LogP contribution is 2.26. The first-order chi connectivity index (χ1) is 9.56. The second-order valence-electron chi connectivity index (χ2n) is 4.45. The van der Waals surface area contributed by atoms with Gasteiger partial charge in [-0.3, -0.25) is 14.9 Å². The number of halogens is 1. The molecule has 21 heavy (non-hydrogen) atoms. The minimum Gasteiger partial charge on any atom is -0.360 e. The molecule has 118 valence electrons. The topological polar surface area (TPSA) is 102 Å². The van der Waals surface area contributed by atoms with Crippen molar-refractivity contribution in [2.45, 2.75) is 12.8 Å². The fraction of sp³-hybridized carbons (Fsp3) is 0.462. The molecule has 1 amide bonds. The molecule has 0 unspecified atom stereocenters. The second kappa shape index (κ2) is 9.95. The Kier molecular flexibility index (Phi) is 9.07. The fourth-order valence-electron chi connectivity index (χ4n) is 1.79. The minimum absolute atomic E-state index is 0. The first-order valence-corrected chi connectivity index (χ1v) is 6.47. The van der Waals surface area contributed by atoms with Crippen molar-refractivity contribution in [1.29, 1.82) is 0 Å². The Labute approximate surface area is 130 Å². The summed E-state index contributed by atoms with van der Waals surface area (Å²) in [5.41, 5.74) is 5.78. The summed E-state index contributed by atoms with van der Waals surface area (Å²) in [6.07, 6.45) is 1.69. The average molecular weight is 317 g/mol. The molecule has 0 saturated carbocycles. The van der Waals surface area contributed by atoms with Gasteiger partial charge in [0.1, 0.15) is 5.69 Å². The maximum Gasteiger partial charge on any atom is 0.292 e. The van der Waals surface area contributed by atoms with E-state index in [1.54, 1.807) is 30.1 Å². The van der Waals surface area contributed by atoms with E-state index in [2.05, 4.69) is 5.32 Å². The number of nitrogens with zero attached hydrogens (tertiary/aromatic N) is 2. The number of nitrogens with two attached hydrogens (primary N) is 1. The summed E-state index contributed by atoms with van der Waals surface area (Å²) in [6, 6.07) is 6.35. The van der Waals surface area contributed by atoms with Crippen molar-refractivity contribution < 1.29 is 9.72 Å². The first kappa shape index (κ1) is 19.1. The monoisotopic (exact) mass is 316 g/mol. The number of anilines is 1. The molecule has 7 nitrogen and oxygen atoms in total. The van der Waals surface area contributed by atoms with Crippen LogP contribution in [0.2, 0.25) is 0 Å². The quantitative estimate of drug-likeness (QED) is 0.428. The average Bonchev–Trinajstić information content (AvgIpc) is 2.43. The molecule has 1 aromatic carbocycles. The Morgan fingerprint density at radius 2 is 2.05 bits per heavy atom. The molecule has 0 aliphatic heterocycles. The highest BCUT2D eigenvalue weighted by Gasteiger charge is 2.17. The number of unbranched alkanes of at least 4 members (excludes halogenated alkanes) is 1. The summed E-state index contributed by atoms with van der Waals surface area (Å²) in [5.74, 6) is -0.164. The first-order valence-electron chi connectivity index (χ1n) is 6.47. The number of nitro benzene ring substituents is 1. The van der Waals surface area contributed by atoms with Crippen LogP contribution in [0.4, 0.5) is 11.4 Å². The Balaban J connectivity index is 0.00000400. The Morgan fingerprint density at radius 1 is 1.38 bits per heavy atom. The van der Waals surface area contributed by atoms with Gasteiger partial charge in [-0.2, -0.15) is 0 Å². The molecule has 0 atom stereocenters. The van der Waals surface area contributed by atoms with E-state index >= 15 is 0 Å². The van der Waals surface area contributed by atoms with Crippen LogP contribution in [-0.4, -0.2) is 37.5 Å². The van der Waals surface area contributed by atoms with Gasteiger partial charge in [0.15, 0.2) is 0 Å². The van der Waals surface area contributed by atoms with Crippen LogP contribution in [0.1, 0.15) is 12.8 Å². The number of carbonyl (C=O) groups is 1. The molecule has 0 aliphatic rings. The van der Waals surface area contributed by atoms with E-state index in [4.69, 9.17) is 5.73 Å². The summed E-state index contributed by atoms with van der Waals surface area (Å²) in [7, 11) is 1.65. The van der Waals surface area contributed by atoms with E-state index < -0.39 is 4.92 Å². The van der Waals surface area contributed by atoms with Crippen LogP contribution in [0.3, 0.4) is 0 Å². The fourth-order valence-corrected chi connectivity index (χ4v) is 1.79. The number of rotatable bonds is 8. The van der Waals surface area contributed by atoms with E-state index in [9.17, 15) is 14.9 Å². The van der Waals surface area contributed by atoms with Gasteiger partial charge < -0.3 is 16.0 Å². The zero-order valence-electron chi connectivity index (χ0n) is 11.9. The van der Waals surface area contributed by atoms with E-state index in [1.165, 1.54) is 6.07 Å². The van der Waals surface area contributed by atoms with Gasteiger partial charge in [-0.05, 0) is 25.5 Å². The Bertz CT molecular complexity index is 470. The molecule has 0 spiro atoms. The van der Waals surface area contributed by atoms with Crippen LogP contribution in [0.25, 0.3) is 0 Å². The van der Waals surface area contributed by atoms with Gasteiger partial charge in [0.2, 0.25) is 5.91 Å². The van der Waals surface area contributed by atoms with E-state index in [-0.39, 0.29) is 30.5 Å². The van der Waals surface area contributed by atoms with Crippen LogP contribution in [0, 0.1) is 10.1 Å². The molecular weight excluding hydrogens is 296 g/mol. The zero-order chi connectivity index (χ0) is 15.0. The number of benzene rings is 1. The summed E-state index contributed by atoms with van der Waals surface area (Å²) in [4.78, 5) is 23.8. The summed E-state index contributed by atoms with van der Waals surface area (Å²) in [6.45, 7) is 1.25. The second-order valence-corrected chi connectivity index (χ2v) is 4.45. The number of likely N-dealkylation sites (N-methyl/N-ethyl adjacent to an activating group) is 1. The molecule has 0 heterocycles. The maximum absolute atomic E-state index is 11.7. The molecular formula is C13H21ClN4O3. The number of amides is 1. The van der Waals surface area contributed by atoms with Crippen molar-refractivity contribution in [3.05, 3.63) is 34.4 Å². The van der Waals surface area contributed by atoms with Crippen molar-refractivity contribution >= 4 is 29.7 Å². The Hall–Kier alpha value is -1.86. The highest BCUT2D eigenvalue weighted by atomic mass is 35.5. The van der Waals surface area contributed by atoms with Crippen molar-refractivity contribution in [2.75, 3.05) is 31.6 Å². The number of hydrogen-bond donors (Lipinski definition) is 2. The third-order valence-corrected chi connectivity index (χ3v) is 2.82. The molecule has 1 rings (SSSR count). The lowest BCUT2D eigenvalue weighted by molar-refractivity contribution is -0.384. The molecule has 0 aliphatic carbocycles. The summed E-state index contributed by atoms with van der Waals surface area (Å²) >= 11 is 0. The predicted molar refractivity (Wildman–Crippen MR) is 84.9 cm³/mol. The van der Waals surface area contributed by atoms with Gasteiger partial charge in [0.05, 0.1) is 11.5 Å². The third-order valence-electron chi connectivity index (χ3n) is 2.82. The number of para-hydroxylation sites is 2. The minimum atomic E-state index is -0.453. The van der Waals surface area contributed by atoms with E-state index in [0.717, 1.165) is 12.8 Å². The largest absolute Gasteiger partial charge is 0.360 e. The van der Waals surface area contributed by atoms with Crippen LogP contribution in [-0.2, 0) is 4.79 Å². The van der Waals surface area contributed by atoms with Crippen LogP contribution in [0.5, 0.6) is 0 Å². The molecule has 1 aromatic rings. The van der Waals surface area contributed by atoms with Gasteiger partial charge in [0, 0.05) is 19.7 Å². The molecule has 0 saturated heterocycles. The molecule has 0 radical (unpaired) electrons. The van der Waals surface area contributed by atoms with Crippen molar-refractivity contribution in [3.8, 4) is 0 Å². The molecule has 0 bridgehead atoms. The SMILES string of the molecule is CN(CC(=O)NCCCCN)c1ccccc1[N+](=O)[O-].Cl. The highest BCUT2D eigenvalue weighted by molar-refractivity contribution is 5.85. The number of hydrogen-bond acceptors (Lipinski definition) is 5.